The fourth-order valence-corrected chi connectivity index (χ4v) is 1.77. The van der Waals surface area contributed by atoms with Gasteiger partial charge >= 0.3 is 12.4 Å². The van der Waals surface area contributed by atoms with Gasteiger partial charge in [0.25, 0.3) is 0 Å². The topological polar surface area (TPSA) is 46.2 Å². The molecule has 0 spiro atoms. The van der Waals surface area contributed by atoms with Crippen molar-refractivity contribution < 1.29 is 31.4 Å². The maximum Gasteiger partial charge on any atom is 0.416 e. The molecule has 2 nitrogen and oxygen atoms in total. The van der Waals surface area contributed by atoms with Gasteiger partial charge < -0.3 is 10.8 Å². The molecule has 1 aromatic carbocycles. The number of aliphatic hydroxyl groups is 1. The Bertz CT molecular complexity index is 454. The summed E-state index contributed by atoms with van der Waals surface area (Å²) in [5, 5.41) is 8.62. The highest BCUT2D eigenvalue weighted by atomic mass is 19.4. The summed E-state index contributed by atoms with van der Waals surface area (Å²) in [6.07, 6.45) is -9.46. The largest absolute Gasteiger partial charge is 0.416 e. The minimum atomic E-state index is -4.78. The number of halogens is 6. The lowest BCUT2D eigenvalue weighted by Crippen LogP contribution is -2.19. The molecule has 0 aliphatic carbocycles. The lowest BCUT2D eigenvalue weighted by Gasteiger charge is -2.20. The van der Waals surface area contributed by atoms with Gasteiger partial charge in [0.15, 0.2) is 0 Å². The van der Waals surface area contributed by atoms with Crippen molar-refractivity contribution in [3.63, 3.8) is 0 Å². The number of aliphatic hydroxyl groups excluding tert-OH is 1. The number of alkyl halides is 6. The van der Waals surface area contributed by atoms with Gasteiger partial charge in [-0.05, 0) is 36.6 Å². The number of hydrogen-bond acceptors (Lipinski definition) is 2. The zero-order valence-electron chi connectivity index (χ0n) is 10.2. The van der Waals surface area contributed by atoms with Crippen molar-refractivity contribution in [3.8, 4) is 0 Å². The normalized spacial score (nSPS) is 14.4. The van der Waals surface area contributed by atoms with Crippen LogP contribution in [0.4, 0.5) is 26.3 Å². The Morgan fingerprint density at radius 3 is 2.10 bits per heavy atom. The van der Waals surface area contributed by atoms with Crippen molar-refractivity contribution >= 4 is 0 Å². The average molecular weight is 301 g/mol. The molecule has 0 unspecified atom stereocenters. The van der Waals surface area contributed by atoms with E-state index in [0.29, 0.717) is 18.2 Å². The summed E-state index contributed by atoms with van der Waals surface area (Å²) in [7, 11) is 0. The van der Waals surface area contributed by atoms with Gasteiger partial charge in [0.2, 0.25) is 0 Å². The first-order valence-electron chi connectivity index (χ1n) is 5.72. The Morgan fingerprint density at radius 1 is 1.05 bits per heavy atom. The molecular weight excluding hydrogens is 288 g/mol. The zero-order valence-corrected chi connectivity index (χ0v) is 10.2. The third-order valence-corrected chi connectivity index (χ3v) is 2.76. The van der Waals surface area contributed by atoms with E-state index in [2.05, 4.69) is 0 Å². The predicted octanol–water partition coefficient (Wildman–Crippen LogP) is 3.50. The van der Waals surface area contributed by atoms with E-state index in [4.69, 9.17) is 10.8 Å². The smallest absolute Gasteiger partial charge is 0.396 e. The molecule has 20 heavy (non-hydrogen) atoms. The molecule has 8 heteroatoms. The van der Waals surface area contributed by atoms with Crippen LogP contribution < -0.4 is 5.73 Å². The van der Waals surface area contributed by atoms with E-state index >= 15 is 0 Å². The zero-order chi connectivity index (χ0) is 15.6. The highest BCUT2D eigenvalue weighted by Gasteiger charge is 2.37. The van der Waals surface area contributed by atoms with Crippen LogP contribution in [0.1, 0.15) is 35.6 Å². The molecule has 0 fully saturated rings. The van der Waals surface area contributed by atoms with E-state index in [-0.39, 0.29) is 19.4 Å². The molecular formula is C12H13F6NO. The van der Waals surface area contributed by atoms with Crippen LogP contribution in [0, 0.1) is 0 Å². The van der Waals surface area contributed by atoms with Crippen molar-refractivity contribution in [2.24, 2.45) is 5.73 Å². The van der Waals surface area contributed by atoms with E-state index in [1.807, 2.05) is 0 Å². The lowest BCUT2D eigenvalue weighted by molar-refractivity contribution is -0.142. The summed E-state index contributed by atoms with van der Waals surface area (Å²) in [5.41, 5.74) is 2.54. The molecule has 3 N–H and O–H groups in total. The predicted molar refractivity (Wildman–Crippen MR) is 59.7 cm³/mol. The third-order valence-electron chi connectivity index (χ3n) is 2.76. The van der Waals surface area contributed by atoms with Gasteiger partial charge in [0.05, 0.1) is 11.1 Å². The van der Waals surface area contributed by atoms with E-state index < -0.39 is 35.1 Å². The van der Waals surface area contributed by atoms with E-state index in [0.717, 1.165) is 0 Å². The Hall–Kier alpha value is -1.28. The second-order valence-electron chi connectivity index (χ2n) is 4.27. The highest BCUT2D eigenvalue weighted by molar-refractivity contribution is 5.37. The molecule has 0 radical (unpaired) electrons. The van der Waals surface area contributed by atoms with E-state index in [1.54, 1.807) is 0 Å². The first-order valence-corrected chi connectivity index (χ1v) is 5.72. The van der Waals surface area contributed by atoms with Crippen LogP contribution in [0.15, 0.2) is 18.2 Å². The number of nitrogens with two attached hydrogens (primary N) is 1. The summed E-state index contributed by atoms with van der Waals surface area (Å²) in [4.78, 5) is 0. The summed E-state index contributed by atoms with van der Waals surface area (Å²) >= 11 is 0. The van der Waals surface area contributed by atoms with Gasteiger partial charge in [-0.25, -0.2) is 0 Å². The SMILES string of the molecule is N[C@@H](CCCO)c1cc(C(F)(F)F)ccc1C(F)(F)F. The summed E-state index contributed by atoms with van der Waals surface area (Å²) < 4.78 is 76.0. The maximum absolute atomic E-state index is 12.8. The quantitative estimate of drug-likeness (QED) is 0.836. The van der Waals surface area contributed by atoms with Crippen LogP contribution in [0.3, 0.4) is 0 Å². The molecule has 0 heterocycles. The Labute approximate surface area is 111 Å². The van der Waals surface area contributed by atoms with Gasteiger partial charge in [0.1, 0.15) is 0 Å². The van der Waals surface area contributed by atoms with Crippen molar-refractivity contribution in [3.05, 3.63) is 34.9 Å². The van der Waals surface area contributed by atoms with Crippen molar-refractivity contribution in [1.29, 1.82) is 0 Å². The molecule has 1 aromatic rings. The Kier molecular flexibility index (Phi) is 5.04. The van der Waals surface area contributed by atoms with Crippen molar-refractivity contribution in [2.75, 3.05) is 6.61 Å². The minimum absolute atomic E-state index is 0.0408. The lowest BCUT2D eigenvalue weighted by atomic mass is 9.95. The highest BCUT2D eigenvalue weighted by Crippen LogP contribution is 2.38. The molecule has 0 aliphatic rings. The molecule has 0 saturated carbocycles. The Morgan fingerprint density at radius 2 is 1.65 bits per heavy atom. The van der Waals surface area contributed by atoms with Crippen LogP contribution in [0.25, 0.3) is 0 Å². The molecule has 114 valence electrons. The van der Waals surface area contributed by atoms with Crippen LogP contribution >= 0.6 is 0 Å². The van der Waals surface area contributed by atoms with Crippen LogP contribution in [0.2, 0.25) is 0 Å². The van der Waals surface area contributed by atoms with Gasteiger partial charge in [-0.15, -0.1) is 0 Å². The maximum atomic E-state index is 12.8. The summed E-state index contributed by atoms with van der Waals surface area (Å²) in [6.45, 7) is -0.298. The molecule has 1 rings (SSSR count). The first kappa shape index (κ1) is 16.8. The summed E-state index contributed by atoms with van der Waals surface area (Å²) in [5.74, 6) is 0. The molecule has 0 saturated heterocycles. The standard InChI is InChI=1S/C12H13F6NO/c13-11(14,15)7-3-4-9(12(16,17)18)8(6-7)10(19)2-1-5-20/h3-4,6,10,20H,1-2,5,19H2/t10-/m0/s1. The van der Waals surface area contributed by atoms with Crippen molar-refractivity contribution in [2.45, 2.75) is 31.2 Å². The average Bonchev–Trinajstić information content (AvgIpc) is 2.33. The van der Waals surface area contributed by atoms with Gasteiger partial charge in [-0.1, -0.05) is 0 Å². The van der Waals surface area contributed by atoms with E-state index in [1.165, 1.54) is 0 Å². The molecule has 0 bridgehead atoms. The minimum Gasteiger partial charge on any atom is -0.396 e. The molecule has 0 aromatic heterocycles. The second kappa shape index (κ2) is 6.01. The van der Waals surface area contributed by atoms with Gasteiger partial charge in [-0.3, -0.25) is 0 Å². The first-order chi connectivity index (χ1) is 9.07. The number of rotatable bonds is 4. The van der Waals surface area contributed by atoms with Crippen LogP contribution in [-0.4, -0.2) is 11.7 Å². The third kappa shape index (κ3) is 4.11. The van der Waals surface area contributed by atoms with E-state index in [9.17, 15) is 26.3 Å². The monoisotopic (exact) mass is 301 g/mol. The van der Waals surface area contributed by atoms with Crippen molar-refractivity contribution in [1.82, 2.24) is 0 Å². The number of benzene rings is 1. The molecule has 1 atom stereocenters. The fraction of sp³-hybridized carbons (Fsp3) is 0.500. The fourth-order valence-electron chi connectivity index (χ4n) is 1.77. The summed E-state index contributed by atoms with van der Waals surface area (Å²) in [6, 6.07) is -0.0338. The number of hydrogen-bond donors (Lipinski definition) is 2. The van der Waals surface area contributed by atoms with Gasteiger partial charge in [0, 0.05) is 12.6 Å². The second-order valence-corrected chi connectivity index (χ2v) is 4.27. The molecule has 0 amide bonds. The Balaban J connectivity index is 3.27. The van der Waals surface area contributed by atoms with Crippen LogP contribution in [0.5, 0.6) is 0 Å². The molecule has 0 aliphatic heterocycles. The van der Waals surface area contributed by atoms with Gasteiger partial charge in [-0.2, -0.15) is 26.3 Å². The van der Waals surface area contributed by atoms with Crippen LogP contribution in [-0.2, 0) is 12.4 Å².